The van der Waals surface area contributed by atoms with E-state index in [4.69, 9.17) is 0 Å². The van der Waals surface area contributed by atoms with Gasteiger partial charge in [-0.2, -0.15) is 0 Å². The van der Waals surface area contributed by atoms with Gasteiger partial charge in [0.15, 0.2) is 0 Å². The van der Waals surface area contributed by atoms with Gasteiger partial charge < -0.3 is 17.5 Å². The summed E-state index contributed by atoms with van der Waals surface area (Å²) < 4.78 is 37.2. The molecular formula is C5H7BF3N2-. The van der Waals surface area contributed by atoms with E-state index in [1.807, 2.05) is 0 Å². The highest BCUT2D eigenvalue weighted by Crippen LogP contribution is 2.08. The molecule has 1 heterocycles. The minimum atomic E-state index is -4.91. The summed E-state index contributed by atoms with van der Waals surface area (Å²) >= 11 is 0. The zero-order valence-electron chi connectivity index (χ0n) is 6.18. The lowest BCUT2D eigenvalue weighted by Crippen LogP contribution is -2.39. The normalized spacial score (nSPS) is 12.1. The maximum Gasteiger partial charge on any atom is 0.527 e. The zero-order chi connectivity index (χ0) is 8.65. The van der Waals surface area contributed by atoms with Crippen LogP contribution in [-0.4, -0.2) is 16.5 Å². The van der Waals surface area contributed by atoms with Gasteiger partial charge in [0.1, 0.15) is 5.82 Å². The lowest BCUT2D eigenvalue weighted by molar-refractivity contribution is 0.495. The van der Waals surface area contributed by atoms with Gasteiger partial charge in [0, 0.05) is 13.2 Å². The molecular weight excluding hydrogens is 156 g/mol. The molecule has 0 atom stereocenters. The average molecular weight is 163 g/mol. The topological polar surface area (TPSA) is 17.8 Å². The van der Waals surface area contributed by atoms with E-state index in [9.17, 15) is 12.9 Å². The van der Waals surface area contributed by atoms with E-state index in [0.717, 1.165) is 10.8 Å². The Morgan fingerprint density at radius 1 is 1.45 bits per heavy atom. The molecule has 0 unspecified atom stereocenters. The van der Waals surface area contributed by atoms with Crippen molar-refractivity contribution < 1.29 is 12.9 Å². The first-order valence-electron chi connectivity index (χ1n) is 3.11. The number of imidazole rings is 1. The van der Waals surface area contributed by atoms with Gasteiger partial charge in [-0.05, 0) is 12.5 Å². The quantitative estimate of drug-likeness (QED) is 0.559. The van der Waals surface area contributed by atoms with Crippen LogP contribution in [0.25, 0.3) is 0 Å². The van der Waals surface area contributed by atoms with Crippen molar-refractivity contribution in [3.8, 4) is 0 Å². The molecule has 1 rings (SSSR count). The van der Waals surface area contributed by atoms with Crippen molar-refractivity contribution >= 4 is 12.6 Å². The van der Waals surface area contributed by atoms with Crippen LogP contribution in [0.2, 0.25) is 0 Å². The molecule has 1 aromatic rings. The second-order valence-corrected chi connectivity index (χ2v) is 2.36. The van der Waals surface area contributed by atoms with Crippen molar-refractivity contribution in [2.75, 3.05) is 0 Å². The summed E-state index contributed by atoms with van der Waals surface area (Å²) in [6.07, 6.45) is 0.856. The summed E-state index contributed by atoms with van der Waals surface area (Å²) in [6, 6.07) is 0. The smallest absolute Gasteiger partial charge is 0.444 e. The third-order valence-electron chi connectivity index (χ3n) is 1.59. The molecule has 0 radical (unpaired) electrons. The Kier molecular flexibility index (Phi) is 1.70. The van der Waals surface area contributed by atoms with Crippen molar-refractivity contribution in [3.05, 3.63) is 12.0 Å². The van der Waals surface area contributed by atoms with Crippen molar-refractivity contribution in [1.29, 1.82) is 0 Å². The Labute approximate surface area is 62.1 Å². The summed E-state index contributed by atoms with van der Waals surface area (Å²) in [5.74, 6) is 0.374. The van der Waals surface area contributed by atoms with Crippen LogP contribution in [-0.2, 0) is 7.05 Å². The number of aromatic nitrogens is 2. The number of hydrogen-bond acceptors (Lipinski definition) is 1. The summed E-state index contributed by atoms with van der Waals surface area (Å²) in [7, 11) is 1.35. The van der Waals surface area contributed by atoms with E-state index < -0.39 is 12.6 Å². The van der Waals surface area contributed by atoms with Gasteiger partial charge in [-0.3, -0.25) is 0 Å². The third-order valence-corrected chi connectivity index (χ3v) is 1.59. The minimum absolute atomic E-state index is 0.374. The zero-order valence-corrected chi connectivity index (χ0v) is 6.18. The van der Waals surface area contributed by atoms with Gasteiger partial charge in [-0.1, -0.05) is 0 Å². The molecule has 0 saturated carbocycles. The van der Waals surface area contributed by atoms with Crippen molar-refractivity contribution in [2.45, 2.75) is 6.92 Å². The minimum Gasteiger partial charge on any atom is -0.444 e. The third kappa shape index (κ3) is 1.39. The number of halogens is 3. The first kappa shape index (κ1) is 8.16. The first-order valence-corrected chi connectivity index (χ1v) is 3.11. The van der Waals surface area contributed by atoms with Gasteiger partial charge in [-0.15, -0.1) is 0 Å². The molecule has 0 amide bonds. The van der Waals surface area contributed by atoms with E-state index in [1.165, 1.54) is 14.0 Å². The molecule has 0 fully saturated rings. The molecule has 0 saturated heterocycles. The monoisotopic (exact) mass is 163 g/mol. The highest BCUT2D eigenvalue weighted by atomic mass is 19.4. The number of nitrogens with zero attached hydrogens (tertiary/aromatic N) is 2. The van der Waals surface area contributed by atoms with Crippen LogP contribution in [0.15, 0.2) is 6.20 Å². The summed E-state index contributed by atoms with van der Waals surface area (Å²) in [4.78, 5) is 3.54. The predicted octanol–water partition coefficient (Wildman–Crippen LogP) is 0.783. The Hall–Kier alpha value is -0.935. The molecule has 0 aromatic carbocycles. The molecule has 11 heavy (non-hydrogen) atoms. The van der Waals surface area contributed by atoms with E-state index in [-0.39, 0.29) is 0 Å². The maximum atomic E-state index is 12.1. The highest BCUT2D eigenvalue weighted by molar-refractivity contribution is 6.72. The van der Waals surface area contributed by atoms with Crippen molar-refractivity contribution in [2.24, 2.45) is 7.05 Å². The van der Waals surface area contributed by atoms with Crippen LogP contribution in [0.1, 0.15) is 5.82 Å². The van der Waals surface area contributed by atoms with E-state index in [0.29, 0.717) is 5.82 Å². The van der Waals surface area contributed by atoms with Crippen LogP contribution in [0.4, 0.5) is 12.9 Å². The number of hydrogen-bond donors (Lipinski definition) is 0. The molecule has 62 valence electrons. The molecule has 0 bridgehead atoms. The lowest BCUT2D eigenvalue weighted by atomic mass is 9.87. The molecule has 0 aliphatic carbocycles. The molecule has 1 aromatic heterocycles. The second-order valence-electron chi connectivity index (χ2n) is 2.36. The van der Waals surface area contributed by atoms with Crippen LogP contribution in [0.3, 0.4) is 0 Å². The van der Waals surface area contributed by atoms with Crippen LogP contribution in [0, 0.1) is 6.92 Å². The molecule has 2 nitrogen and oxygen atoms in total. The van der Waals surface area contributed by atoms with Gasteiger partial charge in [-0.25, -0.2) is 4.98 Å². The van der Waals surface area contributed by atoms with Gasteiger partial charge in [0.05, 0.1) is 0 Å². The molecule has 0 aliphatic heterocycles. The van der Waals surface area contributed by atoms with Crippen LogP contribution >= 0.6 is 0 Å². The van der Waals surface area contributed by atoms with E-state index in [2.05, 4.69) is 4.98 Å². The molecule has 0 aliphatic rings. The summed E-state index contributed by atoms with van der Waals surface area (Å²) in [6.45, 7) is -3.38. The van der Waals surface area contributed by atoms with Gasteiger partial charge in [0.25, 0.3) is 0 Å². The number of aryl methyl sites for hydroxylation is 1. The fraction of sp³-hybridized carbons (Fsp3) is 0.400. The second kappa shape index (κ2) is 2.28. The standard InChI is InChI=1S/C5H7BF3N2/c1-4-10-3-5(11(4)2)6(7,8)9/h3H,1-2H3/q-1. The first-order chi connectivity index (χ1) is 4.93. The lowest BCUT2D eigenvalue weighted by Gasteiger charge is -2.14. The fourth-order valence-corrected chi connectivity index (χ4v) is 0.824. The highest BCUT2D eigenvalue weighted by Gasteiger charge is 2.29. The van der Waals surface area contributed by atoms with Gasteiger partial charge >= 0.3 is 6.98 Å². The molecule has 0 N–H and O–H groups in total. The fourth-order valence-electron chi connectivity index (χ4n) is 0.824. The van der Waals surface area contributed by atoms with Crippen LogP contribution < -0.4 is 5.59 Å². The largest absolute Gasteiger partial charge is 0.527 e. The molecule has 6 heteroatoms. The Morgan fingerprint density at radius 3 is 2.18 bits per heavy atom. The number of rotatable bonds is 1. The van der Waals surface area contributed by atoms with Crippen molar-refractivity contribution in [3.63, 3.8) is 0 Å². The Morgan fingerprint density at radius 2 is 2.00 bits per heavy atom. The maximum absolute atomic E-state index is 12.1. The molecule has 0 spiro atoms. The summed E-state index contributed by atoms with van der Waals surface area (Å²) in [5, 5.41) is 0. The summed E-state index contributed by atoms with van der Waals surface area (Å²) in [5.41, 5.74) is -0.650. The van der Waals surface area contributed by atoms with Crippen LogP contribution in [0.5, 0.6) is 0 Å². The Balaban J connectivity index is 3.15. The van der Waals surface area contributed by atoms with Gasteiger partial charge in [0.2, 0.25) is 0 Å². The average Bonchev–Trinajstić information content (AvgIpc) is 2.11. The van der Waals surface area contributed by atoms with E-state index >= 15 is 0 Å². The Bertz CT molecular complexity index is 265. The van der Waals surface area contributed by atoms with Crippen molar-refractivity contribution in [1.82, 2.24) is 9.55 Å². The van der Waals surface area contributed by atoms with E-state index in [1.54, 1.807) is 0 Å². The SMILES string of the molecule is Cc1ncc([B-](F)(F)F)n1C. The predicted molar refractivity (Wildman–Crippen MR) is 36.7 cm³/mol.